The SMILES string of the molecule is COC(=O)CCC(CCC(=O)OC)c1ccc(OC)nc1. The fourth-order valence-corrected chi connectivity index (χ4v) is 2.02. The van der Waals surface area contributed by atoms with Gasteiger partial charge >= 0.3 is 11.9 Å². The number of pyridine rings is 1. The highest BCUT2D eigenvalue weighted by molar-refractivity contribution is 5.70. The first kappa shape index (κ1) is 16.9. The number of ether oxygens (including phenoxy) is 3. The van der Waals surface area contributed by atoms with Crippen LogP contribution >= 0.6 is 0 Å². The lowest BCUT2D eigenvalue weighted by molar-refractivity contribution is -0.141. The van der Waals surface area contributed by atoms with Crippen LogP contribution in [-0.2, 0) is 19.1 Å². The number of rotatable bonds is 8. The van der Waals surface area contributed by atoms with Gasteiger partial charge in [-0.25, -0.2) is 4.98 Å². The summed E-state index contributed by atoms with van der Waals surface area (Å²) in [6.07, 6.45) is 3.50. The average Bonchev–Trinajstić information content (AvgIpc) is 2.54. The first-order chi connectivity index (χ1) is 10.1. The lowest BCUT2D eigenvalue weighted by Gasteiger charge is -2.16. The predicted molar refractivity (Wildman–Crippen MR) is 76.0 cm³/mol. The molecule has 0 saturated carbocycles. The van der Waals surface area contributed by atoms with Crippen LogP contribution in [0.5, 0.6) is 5.88 Å². The Morgan fingerprint density at radius 2 is 1.62 bits per heavy atom. The van der Waals surface area contributed by atoms with E-state index in [4.69, 9.17) is 4.74 Å². The Hall–Kier alpha value is -2.11. The zero-order valence-electron chi connectivity index (χ0n) is 12.6. The smallest absolute Gasteiger partial charge is 0.305 e. The van der Waals surface area contributed by atoms with Gasteiger partial charge in [0.15, 0.2) is 0 Å². The summed E-state index contributed by atoms with van der Waals surface area (Å²) in [4.78, 5) is 26.7. The molecule has 0 fully saturated rings. The highest BCUT2D eigenvalue weighted by Gasteiger charge is 2.16. The molecule has 6 heteroatoms. The van der Waals surface area contributed by atoms with Crippen LogP contribution in [0.1, 0.15) is 37.2 Å². The minimum absolute atomic E-state index is 0.0432. The van der Waals surface area contributed by atoms with E-state index in [1.807, 2.05) is 6.07 Å². The van der Waals surface area contributed by atoms with Gasteiger partial charge in [-0.1, -0.05) is 6.07 Å². The van der Waals surface area contributed by atoms with Gasteiger partial charge in [0.1, 0.15) is 0 Å². The van der Waals surface area contributed by atoms with Crippen molar-refractivity contribution in [2.45, 2.75) is 31.6 Å². The van der Waals surface area contributed by atoms with Crippen molar-refractivity contribution in [3.05, 3.63) is 23.9 Å². The van der Waals surface area contributed by atoms with Gasteiger partial charge in [0.2, 0.25) is 5.88 Å². The Balaban J connectivity index is 2.73. The molecule has 116 valence electrons. The summed E-state index contributed by atoms with van der Waals surface area (Å²) in [6.45, 7) is 0. The Labute approximate surface area is 124 Å². The molecule has 21 heavy (non-hydrogen) atoms. The van der Waals surface area contributed by atoms with Gasteiger partial charge in [0.05, 0.1) is 21.3 Å². The standard InChI is InChI=1S/C15H21NO5/c1-19-13-7-4-12(10-16-13)11(5-8-14(17)20-2)6-9-15(18)21-3/h4,7,10-11H,5-6,8-9H2,1-3H3. The molecule has 0 aliphatic carbocycles. The fourth-order valence-electron chi connectivity index (χ4n) is 2.02. The monoisotopic (exact) mass is 295 g/mol. The molecule has 1 heterocycles. The van der Waals surface area contributed by atoms with Crippen LogP contribution in [0, 0.1) is 0 Å². The van der Waals surface area contributed by atoms with Crippen LogP contribution in [0.15, 0.2) is 18.3 Å². The number of aromatic nitrogens is 1. The lowest BCUT2D eigenvalue weighted by atomic mass is 9.91. The maximum absolute atomic E-state index is 11.3. The third-order valence-corrected chi connectivity index (χ3v) is 3.29. The van der Waals surface area contributed by atoms with Crippen molar-refractivity contribution in [1.29, 1.82) is 0 Å². The van der Waals surface area contributed by atoms with E-state index in [-0.39, 0.29) is 17.9 Å². The molecule has 6 nitrogen and oxygen atoms in total. The minimum Gasteiger partial charge on any atom is -0.481 e. The Bertz CT molecular complexity index is 438. The normalized spacial score (nSPS) is 10.3. The van der Waals surface area contributed by atoms with Crippen molar-refractivity contribution in [1.82, 2.24) is 4.98 Å². The van der Waals surface area contributed by atoms with Gasteiger partial charge in [0.25, 0.3) is 0 Å². The van der Waals surface area contributed by atoms with Crippen molar-refractivity contribution >= 4 is 11.9 Å². The largest absolute Gasteiger partial charge is 0.481 e. The van der Waals surface area contributed by atoms with Crippen LogP contribution < -0.4 is 4.74 Å². The van der Waals surface area contributed by atoms with Crippen molar-refractivity contribution in [2.75, 3.05) is 21.3 Å². The van der Waals surface area contributed by atoms with Crippen LogP contribution in [0.3, 0.4) is 0 Å². The quantitative estimate of drug-likeness (QED) is 0.684. The summed E-state index contributed by atoms with van der Waals surface area (Å²) in [6, 6.07) is 3.66. The average molecular weight is 295 g/mol. The fraction of sp³-hybridized carbons (Fsp3) is 0.533. The zero-order valence-corrected chi connectivity index (χ0v) is 12.6. The van der Waals surface area contributed by atoms with E-state index >= 15 is 0 Å². The highest BCUT2D eigenvalue weighted by atomic mass is 16.5. The van der Waals surface area contributed by atoms with E-state index in [2.05, 4.69) is 14.5 Å². The number of hydrogen-bond donors (Lipinski definition) is 0. The molecule has 0 unspecified atom stereocenters. The summed E-state index contributed by atoms with van der Waals surface area (Å²) in [5, 5.41) is 0. The molecule has 1 aromatic heterocycles. The third kappa shape index (κ3) is 5.81. The maximum Gasteiger partial charge on any atom is 0.305 e. The van der Waals surface area contributed by atoms with Gasteiger partial charge in [-0.3, -0.25) is 9.59 Å². The van der Waals surface area contributed by atoms with E-state index < -0.39 is 0 Å². The van der Waals surface area contributed by atoms with Crippen molar-refractivity contribution in [2.24, 2.45) is 0 Å². The number of hydrogen-bond acceptors (Lipinski definition) is 6. The van der Waals surface area contributed by atoms with Crippen LogP contribution in [0.2, 0.25) is 0 Å². The van der Waals surface area contributed by atoms with E-state index in [0.29, 0.717) is 31.6 Å². The van der Waals surface area contributed by atoms with E-state index in [1.165, 1.54) is 14.2 Å². The number of carbonyl (C=O) groups excluding carboxylic acids is 2. The first-order valence-corrected chi connectivity index (χ1v) is 6.74. The first-order valence-electron chi connectivity index (χ1n) is 6.74. The van der Waals surface area contributed by atoms with Crippen molar-refractivity contribution in [3.8, 4) is 5.88 Å². The molecule has 0 spiro atoms. The summed E-state index contributed by atoms with van der Waals surface area (Å²) in [5.41, 5.74) is 0.962. The summed E-state index contributed by atoms with van der Waals surface area (Å²) < 4.78 is 14.3. The van der Waals surface area contributed by atoms with Crippen LogP contribution in [-0.4, -0.2) is 38.3 Å². The summed E-state index contributed by atoms with van der Waals surface area (Å²) >= 11 is 0. The van der Waals surface area contributed by atoms with Gasteiger partial charge < -0.3 is 14.2 Å². The second-order valence-electron chi connectivity index (χ2n) is 4.56. The Morgan fingerprint density at radius 1 is 1.05 bits per heavy atom. The third-order valence-electron chi connectivity index (χ3n) is 3.29. The van der Waals surface area contributed by atoms with Gasteiger partial charge in [0, 0.05) is 25.1 Å². The highest BCUT2D eigenvalue weighted by Crippen LogP contribution is 2.27. The number of methoxy groups -OCH3 is 3. The van der Waals surface area contributed by atoms with Crippen molar-refractivity contribution < 1.29 is 23.8 Å². The second kappa shape index (κ2) is 8.94. The molecule has 0 atom stereocenters. The molecule has 1 rings (SSSR count). The summed E-state index contributed by atoms with van der Waals surface area (Å²) in [5.74, 6) is 0.0409. The van der Waals surface area contributed by atoms with Crippen LogP contribution in [0.25, 0.3) is 0 Å². The molecular formula is C15H21NO5. The number of carbonyl (C=O) groups is 2. The van der Waals surface area contributed by atoms with Crippen LogP contribution in [0.4, 0.5) is 0 Å². The zero-order chi connectivity index (χ0) is 15.7. The van der Waals surface area contributed by atoms with Gasteiger partial charge in [-0.15, -0.1) is 0 Å². The number of nitrogens with zero attached hydrogens (tertiary/aromatic N) is 1. The summed E-state index contributed by atoms with van der Waals surface area (Å²) in [7, 11) is 4.27. The maximum atomic E-state index is 11.3. The molecule has 0 bridgehead atoms. The van der Waals surface area contributed by atoms with E-state index in [0.717, 1.165) is 5.56 Å². The minimum atomic E-state index is -0.264. The molecular weight excluding hydrogens is 274 g/mol. The van der Waals surface area contributed by atoms with Gasteiger partial charge in [-0.05, 0) is 24.3 Å². The van der Waals surface area contributed by atoms with E-state index in [1.54, 1.807) is 19.4 Å². The molecule has 0 aliphatic heterocycles. The molecule has 0 radical (unpaired) electrons. The molecule has 0 aliphatic rings. The topological polar surface area (TPSA) is 74.7 Å². The van der Waals surface area contributed by atoms with E-state index in [9.17, 15) is 9.59 Å². The second-order valence-corrected chi connectivity index (χ2v) is 4.56. The molecule has 0 aromatic carbocycles. The van der Waals surface area contributed by atoms with Gasteiger partial charge in [-0.2, -0.15) is 0 Å². The molecule has 0 N–H and O–H groups in total. The molecule has 0 saturated heterocycles. The lowest BCUT2D eigenvalue weighted by Crippen LogP contribution is -2.09. The predicted octanol–water partition coefficient (Wildman–Crippen LogP) is 2.08. The Morgan fingerprint density at radius 3 is 2.00 bits per heavy atom. The Kier molecular flexibility index (Phi) is 7.21. The van der Waals surface area contributed by atoms with Crippen molar-refractivity contribution in [3.63, 3.8) is 0 Å². The molecule has 0 amide bonds. The molecule has 1 aromatic rings. The number of esters is 2.